The Morgan fingerprint density at radius 2 is 1.80 bits per heavy atom. The fourth-order valence-electron chi connectivity index (χ4n) is 1.50. The summed E-state index contributed by atoms with van der Waals surface area (Å²) < 4.78 is 5.35. The van der Waals surface area contributed by atoms with Crippen molar-refractivity contribution in [2.24, 2.45) is 0 Å². The molecule has 0 N–H and O–H groups in total. The number of halogens is 1. The minimum atomic E-state index is -1.49. The number of benzene rings is 2. The largest absolute Gasteiger partial charge is 0.545 e. The summed E-state index contributed by atoms with van der Waals surface area (Å²) in [6.07, 6.45) is 0. The van der Waals surface area contributed by atoms with Crippen molar-refractivity contribution >= 4 is 23.3 Å². The summed E-state index contributed by atoms with van der Waals surface area (Å²) in [7, 11) is 0. The summed E-state index contributed by atoms with van der Waals surface area (Å²) in [4.78, 5) is 20.9. The molecule has 102 valence electrons. The Morgan fingerprint density at radius 1 is 1.15 bits per heavy atom. The van der Waals surface area contributed by atoms with E-state index in [1.54, 1.807) is 24.3 Å². The minimum absolute atomic E-state index is 0.0673. The van der Waals surface area contributed by atoms with Gasteiger partial charge in [-0.15, -0.1) is 0 Å². The van der Waals surface area contributed by atoms with Crippen LogP contribution in [-0.4, -0.2) is 10.9 Å². The van der Waals surface area contributed by atoms with Gasteiger partial charge in [-0.1, -0.05) is 11.6 Å². The zero-order valence-electron chi connectivity index (χ0n) is 9.91. The van der Waals surface area contributed by atoms with Crippen molar-refractivity contribution in [2.75, 3.05) is 0 Å². The summed E-state index contributed by atoms with van der Waals surface area (Å²) in [5, 5.41) is 22.1. The second-order valence-corrected chi connectivity index (χ2v) is 4.22. The van der Waals surface area contributed by atoms with E-state index < -0.39 is 16.6 Å². The number of carbonyl (C=O) groups excluding carboxylic acids is 1. The molecule has 7 heteroatoms. The van der Waals surface area contributed by atoms with Gasteiger partial charge in [-0.2, -0.15) is 0 Å². The van der Waals surface area contributed by atoms with Crippen molar-refractivity contribution in [3.63, 3.8) is 0 Å². The lowest BCUT2D eigenvalue weighted by molar-refractivity contribution is -0.385. The molecule has 2 rings (SSSR count). The van der Waals surface area contributed by atoms with Gasteiger partial charge in [-0.3, -0.25) is 10.1 Å². The fraction of sp³-hybridized carbons (Fsp3) is 0. The van der Waals surface area contributed by atoms with Crippen molar-refractivity contribution in [3.8, 4) is 11.5 Å². The number of hydrogen-bond donors (Lipinski definition) is 0. The zero-order chi connectivity index (χ0) is 14.7. The minimum Gasteiger partial charge on any atom is -0.545 e. The predicted molar refractivity (Wildman–Crippen MR) is 69.0 cm³/mol. The van der Waals surface area contributed by atoms with Crippen LogP contribution in [0.3, 0.4) is 0 Å². The summed E-state index contributed by atoms with van der Waals surface area (Å²) in [5.41, 5.74) is -0.748. The molecule has 0 unspecified atom stereocenters. The first-order chi connectivity index (χ1) is 9.47. The summed E-state index contributed by atoms with van der Waals surface area (Å²) in [6, 6.07) is 9.49. The Labute approximate surface area is 118 Å². The van der Waals surface area contributed by atoms with Gasteiger partial charge in [0.05, 0.1) is 10.9 Å². The number of nitro groups is 1. The molecule has 2 aromatic carbocycles. The number of nitro benzene ring substituents is 1. The van der Waals surface area contributed by atoms with E-state index in [-0.39, 0.29) is 11.3 Å². The Hall–Kier alpha value is -2.60. The van der Waals surface area contributed by atoms with Crippen LogP contribution in [0.25, 0.3) is 0 Å². The third-order valence-electron chi connectivity index (χ3n) is 2.43. The highest BCUT2D eigenvalue weighted by Gasteiger charge is 2.17. The third kappa shape index (κ3) is 3.04. The number of carboxylic acid groups (broad SMARTS) is 1. The number of ether oxygens (including phenoxy) is 1. The van der Waals surface area contributed by atoms with Gasteiger partial charge in [0.25, 0.3) is 0 Å². The number of hydrogen-bond acceptors (Lipinski definition) is 5. The fourth-order valence-corrected chi connectivity index (χ4v) is 1.63. The Balaban J connectivity index is 2.38. The first-order valence-corrected chi connectivity index (χ1v) is 5.78. The molecule has 0 spiro atoms. The lowest BCUT2D eigenvalue weighted by Crippen LogP contribution is -2.22. The number of carboxylic acids is 1. The maximum absolute atomic E-state index is 10.9. The highest BCUT2D eigenvalue weighted by Crippen LogP contribution is 2.32. The maximum atomic E-state index is 10.9. The molecule has 0 heterocycles. The van der Waals surface area contributed by atoms with E-state index in [2.05, 4.69) is 0 Å². The average molecular weight is 293 g/mol. The van der Waals surface area contributed by atoms with Gasteiger partial charge in [-0.25, -0.2) is 0 Å². The van der Waals surface area contributed by atoms with Crippen LogP contribution in [0.1, 0.15) is 10.4 Å². The topological polar surface area (TPSA) is 92.5 Å². The highest BCUT2D eigenvalue weighted by atomic mass is 35.5. The standard InChI is InChI=1S/C13H8ClNO5/c14-9-2-4-10(5-3-9)20-12-6-1-8(13(16)17)7-11(12)15(18)19/h1-7H,(H,16,17)/p-1. The molecule has 0 radical (unpaired) electrons. The van der Waals surface area contributed by atoms with Crippen LogP contribution >= 0.6 is 11.6 Å². The quantitative estimate of drug-likeness (QED) is 0.637. The molecule has 6 nitrogen and oxygen atoms in total. The van der Waals surface area contributed by atoms with E-state index in [0.717, 1.165) is 6.07 Å². The van der Waals surface area contributed by atoms with Crippen LogP contribution < -0.4 is 9.84 Å². The van der Waals surface area contributed by atoms with Gasteiger partial charge in [0.15, 0.2) is 0 Å². The Bertz CT molecular complexity index is 669. The zero-order valence-corrected chi connectivity index (χ0v) is 10.7. The van der Waals surface area contributed by atoms with E-state index in [1.165, 1.54) is 12.1 Å². The normalized spacial score (nSPS) is 10.1. The monoisotopic (exact) mass is 292 g/mol. The maximum Gasteiger partial charge on any atom is 0.312 e. The molecule has 0 saturated carbocycles. The molecule has 0 bridgehead atoms. The van der Waals surface area contributed by atoms with E-state index in [1.807, 2.05) is 0 Å². The Morgan fingerprint density at radius 3 is 2.35 bits per heavy atom. The van der Waals surface area contributed by atoms with Crippen molar-refractivity contribution in [1.82, 2.24) is 0 Å². The number of nitrogens with zero attached hydrogens (tertiary/aromatic N) is 1. The summed E-state index contributed by atoms with van der Waals surface area (Å²) in [6.45, 7) is 0. The Kier molecular flexibility index (Phi) is 3.86. The molecule has 0 amide bonds. The number of aromatic carboxylic acids is 1. The van der Waals surface area contributed by atoms with Crippen LogP contribution in [0.15, 0.2) is 42.5 Å². The second-order valence-electron chi connectivity index (χ2n) is 3.78. The molecule has 2 aromatic rings. The van der Waals surface area contributed by atoms with Gasteiger partial charge >= 0.3 is 5.69 Å². The molecule has 0 aliphatic heterocycles. The van der Waals surface area contributed by atoms with Gasteiger partial charge in [0, 0.05) is 16.7 Å². The average Bonchev–Trinajstić information content (AvgIpc) is 2.41. The van der Waals surface area contributed by atoms with Crippen molar-refractivity contribution < 1.29 is 19.6 Å². The van der Waals surface area contributed by atoms with Crippen molar-refractivity contribution in [2.45, 2.75) is 0 Å². The van der Waals surface area contributed by atoms with Crippen molar-refractivity contribution in [1.29, 1.82) is 0 Å². The predicted octanol–water partition coefficient (Wildman–Crippen LogP) is 2.40. The van der Waals surface area contributed by atoms with Crippen LogP contribution in [0.4, 0.5) is 5.69 Å². The molecule has 20 heavy (non-hydrogen) atoms. The summed E-state index contributed by atoms with van der Waals surface area (Å²) in [5.74, 6) is -1.22. The molecular weight excluding hydrogens is 286 g/mol. The molecule has 0 fully saturated rings. The molecule has 0 aromatic heterocycles. The van der Waals surface area contributed by atoms with E-state index in [0.29, 0.717) is 10.8 Å². The van der Waals surface area contributed by atoms with E-state index in [9.17, 15) is 20.0 Å². The lowest BCUT2D eigenvalue weighted by atomic mass is 10.2. The van der Waals surface area contributed by atoms with Crippen LogP contribution in [0.2, 0.25) is 5.02 Å². The molecule has 0 aliphatic rings. The van der Waals surface area contributed by atoms with E-state index >= 15 is 0 Å². The van der Waals surface area contributed by atoms with Gasteiger partial charge in [-0.05, 0) is 36.4 Å². The van der Waals surface area contributed by atoms with Crippen LogP contribution in [0.5, 0.6) is 11.5 Å². The second kappa shape index (κ2) is 5.58. The number of carbonyl (C=O) groups is 1. The van der Waals surface area contributed by atoms with Crippen LogP contribution in [0, 0.1) is 10.1 Å². The lowest BCUT2D eigenvalue weighted by Gasteiger charge is -2.08. The summed E-state index contributed by atoms with van der Waals surface area (Å²) >= 11 is 5.72. The van der Waals surface area contributed by atoms with Crippen LogP contribution in [-0.2, 0) is 0 Å². The molecular formula is C13H7ClNO5-. The van der Waals surface area contributed by atoms with Gasteiger partial charge < -0.3 is 14.6 Å². The first-order valence-electron chi connectivity index (χ1n) is 5.40. The molecule has 0 aliphatic carbocycles. The third-order valence-corrected chi connectivity index (χ3v) is 2.68. The van der Waals surface area contributed by atoms with Gasteiger partial charge in [0.1, 0.15) is 5.75 Å². The van der Waals surface area contributed by atoms with Crippen molar-refractivity contribution in [3.05, 3.63) is 63.2 Å². The van der Waals surface area contributed by atoms with E-state index in [4.69, 9.17) is 16.3 Å². The first kappa shape index (κ1) is 13.8. The molecule has 0 saturated heterocycles. The molecule has 0 atom stereocenters. The highest BCUT2D eigenvalue weighted by molar-refractivity contribution is 6.30. The van der Waals surface area contributed by atoms with Gasteiger partial charge in [0.2, 0.25) is 5.75 Å². The number of rotatable bonds is 4. The smallest absolute Gasteiger partial charge is 0.312 e. The SMILES string of the molecule is O=C([O-])c1ccc(Oc2ccc(Cl)cc2)c([N+](=O)[O-])c1.